The predicted octanol–water partition coefficient (Wildman–Crippen LogP) is 0.872. The molecule has 0 spiro atoms. The lowest BCUT2D eigenvalue weighted by molar-refractivity contribution is -0.118. The first-order valence-corrected chi connectivity index (χ1v) is 9.25. The highest BCUT2D eigenvalue weighted by Gasteiger charge is 2.30. The van der Waals surface area contributed by atoms with Gasteiger partial charge in [0, 0.05) is 24.6 Å². The molecule has 8 heteroatoms. The zero-order valence-corrected chi connectivity index (χ0v) is 13.6. The maximum Gasteiger partial charge on any atom is 0.262 e. The first-order chi connectivity index (χ1) is 10.8. The molecule has 2 heterocycles. The number of sulfonamides is 1. The van der Waals surface area contributed by atoms with Gasteiger partial charge in [-0.25, -0.2) is 12.7 Å². The Labute approximate surface area is 134 Å². The summed E-state index contributed by atoms with van der Waals surface area (Å²) in [5.41, 5.74) is 1.01. The van der Waals surface area contributed by atoms with Crippen LogP contribution in [-0.4, -0.2) is 50.4 Å². The first-order valence-electron chi connectivity index (χ1n) is 7.40. The van der Waals surface area contributed by atoms with Crippen LogP contribution in [0.1, 0.15) is 23.2 Å². The van der Waals surface area contributed by atoms with Gasteiger partial charge in [0.05, 0.1) is 11.9 Å². The van der Waals surface area contributed by atoms with Crippen molar-refractivity contribution in [2.45, 2.75) is 12.8 Å². The average molecular weight is 338 g/mol. The second kappa shape index (κ2) is 5.93. The fraction of sp³-hybridized carbons (Fsp3) is 0.467. The van der Waals surface area contributed by atoms with Crippen LogP contribution in [0.5, 0.6) is 5.75 Å². The van der Waals surface area contributed by atoms with Crippen LogP contribution in [0.3, 0.4) is 0 Å². The van der Waals surface area contributed by atoms with E-state index in [-0.39, 0.29) is 24.2 Å². The molecule has 2 aliphatic rings. The molecule has 0 aliphatic carbocycles. The Morgan fingerprint density at radius 2 is 2.00 bits per heavy atom. The number of fused-ring (bicyclic) bond motifs is 1. The van der Waals surface area contributed by atoms with Crippen molar-refractivity contribution < 1.29 is 22.7 Å². The quantitative estimate of drug-likeness (QED) is 0.826. The van der Waals surface area contributed by atoms with E-state index in [1.165, 1.54) is 10.6 Å². The van der Waals surface area contributed by atoms with Gasteiger partial charge in [-0.15, -0.1) is 0 Å². The highest BCUT2D eigenvalue weighted by molar-refractivity contribution is 7.88. The van der Waals surface area contributed by atoms with Gasteiger partial charge in [0.15, 0.2) is 12.4 Å². The van der Waals surface area contributed by atoms with Crippen LogP contribution in [0.2, 0.25) is 0 Å². The number of Topliss-reactive ketones (excluding diaryl/α,β-unsaturated/α-hetero) is 1. The highest BCUT2D eigenvalue weighted by Crippen LogP contribution is 2.31. The summed E-state index contributed by atoms with van der Waals surface area (Å²) in [6.45, 7) is 0.699. The summed E-state index contributed by atoms with van der Waals surface area (Å²) in [6, 6.07) is 4.98. The van der Waals surface area contributed by atoms with Crippen LogP contribution in [0.25, 0.3) is 0 Å². The van der Waals surface area contributed by atoms with Crippen molar-refractivity contribution in [3.63, 3.8) is 0 Å². The van der Waals surface area contributed by atoms with Crippen LogP contribution >= 0.6 is 0 Å². The van der Waals surface area contributed by atoms with E-state index >= 15 is 0 Å². The molecule has 7 nitrogen and oxygen atoms in total. The smallest absolute Gasteiger partial charge is 0.262 e. The molecule has 1 saturated heterocycles. The van der Waals surface area contributed by atoms with E-state index in [0.29, 0.717) is 42.9 Å². The number of anilines is 1. The van der Waals surface area contributed by atoms with Crippen LogP contribution in [0, 0.1) is 5.92 Å². The van der Waals surface area contributed by atoms with Crippen molar-refractivity contribution in [3.8, 4) is 5.75 Å². The first kappa shape index (κ1) is 15.9. The van der Waals surface area contributed by atoms with Crippen LogP contribution in [0.4, 0.5) is 5.69 Å². The normalized spacial score (nSPS) is 19.6. The number of nitrogens with zero attached hydrogens (tertiary/aromatic N) is 1. The number of hydrogen-bond acceptors (Lipinski definition) is 5. The van der Waals surface area contributed by atoms with Crippen molar-refractivity contribution in [1.82, 2.24) is 4.31 Å². The molecule has 3 rings (SSSR count). The number of piperidine rings is 1. The Balaban J connectivity index is 1.72. The molecule has 0 unspecified atom stereocenters. The minimum atomic E-state index is -3.20. The highest BCUT2D eigenvalue weighted by atomic mass is 32.2. The lowest BCUT2D eigenvalue weighted by Crippen LogP contribution is -2.39. The zero-order chi connectivity index (χ0) is 16.6. The lowest BCUT2D eigenvalue weighted by Gasteiger charge is -2.29. The number of carbonyl (C=O) groups is 2. The van der Waals surface area contributed by atoms with Gasteiger partial charge in [-0.3, -0.25) is 9.59 Å². The van der Waals surface area contributed by atoms with E-state index in [1.54, 1.807) is 18.2 Å². The van der Waals surface area contributed by atoms with Gasteiger partial charge in [-0.2, -0.15) is 0 Å². The Morgan fingerprint density at radius 3 is 2.65 bits per heavy atom. The molecule has 23 heavy (non-hydrogen) atoms. The third kappa shape index (κ3) is 3.37. The standard InChI is InChI=1S/C15H18N2O5S/c1-23(20,21)17-6-4-10(5-7-17)15(19)11-2-3-13-12(8-11)16-14(18)9-22-13/h2-3,8,10H,4-7,9H2,1H3,(H,16,18). The molecule has 0 aromatic heterocycles. The fourth-order valence-corrected chi connectivity index (χ4v) is 3.80. The number of amides is 1. The Kier molecular flexibility index (Phi) is 4.11. The lowest BCUT2D eigenvalue weighted by atomic mass is 9.89. The minimum Gasteiger partial charge on any atom is -0.482 e. The summed E-state index contributed by atoms with van der Waals surface area (Å²) in [4.78, 5) is 24.0. The molecular weight excluding hydrogens is 320 g/mol. The monoisotopic (exact) mass is 338 g/mol. The summed E-state index contributed by atoms with van der Waals surface area (Å²) < 4.78 is 29.7. The maximum absolute atomic E-state index is 12.6. The fourth-order valence-electron chi connectivity index (χ4n) is 2.92. The summed E-state index contributed by atoms with van der Waals surface area (Å²) in [7, 11) is -3.20. The SMILES string of the molecule is CS(=O)(=O)N1CCC(C(=O)c2ccc3c(c2)NC(=O)CO3)CC1. The van der Waals surface area contributed by atoms with Crippen LogP contribution in [-0.2, 0) is 14.8 Å². The van der Waals surface area contributed by atoms with Gasteiger partial charge < -0.3 is 10.1 Å². The number of benzene rings is 1. The van der Waals surface area contributed by atoms with Gasteiger partial charge in [0.1, 0.15) is 5.75 Å². The summed E-state index contributed by atoms with van der Waals surface area (Å²) in [5.74, 6) is 0.0728. The molecule has 1 N–H and O–H groups in total. The molecule has 1 aromatic rings. The van der Waals surface area contributed by atoms with E-state index in [4.69, 9.17) is 4.74 Å². The Bertz CT molecular complexity index is 751. The van der Waals surface area contributed by atoms with Crippen molar-refractivity contribution in [3.05, 3.63) is 23.8 Å². The number of ether oxygens (including phenoxy) is 1. The average Bonchev–Trinajstić information content (AvgIpc) is 2.52. The van der Waals surface area contributed by atoms with E-state index < -0.39 is 10.0 Å². The minimum absolute atomic E-state index is 0.0236. The molecule has 0 saturated carbocycles. The van der Waals surface area contributed by atoms with Crippen molar-refractivity contribution >= 4 is 27.4 Å². The van der Waals surface area contributed by atoms with Gasteiger partial charge in [-0.05, 0) is 31.0 Å². The molecule has 1 aromatic carbocycles. The molecule has 0 radical (unpaired) electrons. The van der Waals surface area contributed by atoms with Crippen molar-refractivity contribution in [2.24, 2.45) is 5.92 Å². The number of nitrogens with one attached hydrogen (secondary N) is 1. The van der Waals surface area contributed by atoms with E-state index in [0.717, 1.165) is 0 Å². The van der Waals surface area contributed by atoms with Crippen LogP contribution in [0.15, 0.2) is 18.2 Å². The molecule has 124 valence electrons. The largest absolute Gasteiger partial charge is 0.482 e. The number of carbonyl (C=O) groups excluding carboxylic acids is 2. The summed E-state index contributed by atoms with van der Waals surface area (Å²) in [6.07, 6.45) is 2.19. The van der Waals surface area contributed by atoms with E-state index in [2.05, 4.69) is 5.32 Å². The van der Waals surface area contributed by atoms with Gasteiger partial charge in [-0.1, -0.05) is 0 Å². The second-order valence-corrected chi connectivity index (χ2v) is 7.83. The molecule has 1 amide bonds. The number of ketones is 1. The van der Waals surface area contributed by atoms with Gasteiger partial charge >= 0.3 is 0 Å². The number of hydrogen-bond donors (Lipinski definition) is 1. The maximum atomic E-state index is 12.6. The van der Waals surface area contributed by atoms with E-state index in [9.17, 15) is 18.0 Å². The molecule has 2 aliphatic heterocycles. The zero-order valence-electron chi connectivity index (χ0n) is 12.7. The van der Waals surface area contributed by atoms with Crippen molar-refractivity contribution in [2.75, 3.05) is 31.3 Å². The molecular formula is C15H18N2O5S. The molecule has 0 atom stereocenters. The number of rotatable bonds is 3. The molecule has 0 bridgehead atoms. The Hall–Kier alpha value is -1.93. The third-order valence-electron chi connectivity index (χ3n) is 4.19. The third-order valence-corrected chi connectivity index (χ3v) is 5.49. The predicted molar refractivity (Wildman–Crippen MR) is 84.0 cm³/mol. The molecule has 1 fully saturated rings. The summed E-state index contributed by atoms with van der Waals surface area (Å²) in [5, 5.41) is 2.68. The topological polar surface area (TPSA) is 92.8 Å². The second-order valence-electron chi connectivity index (χ2n) is 5.85. The van der Waals surface area contributed by atoms with Crippen molar-refractivity contribution in [1.29, 1.82) is 0 Å². The summed E-state index contributed by atoms with van der Waals surface area (Å²) >= 11 is 0. The van der Waals surface area contributed by atoms with Crippen LogP contribution < -0.4 is 10.1 Å². The van der Waals surface area contributed by atoms with Gasteiger partial charge in [0.25, 0.3) is 5.91 Å². The van der Waals surface area contributed by atoms with Gasteiger partial charge in [0.2, 0.25) is 10.0 Å². The Morgan fingerprint density at radius 1 is 1.30 bits per heavy atom. The van der Waals surface area contributed by atoms with E-state index in [1.807, 2.05) is 0 Å².